The molecule has 0 aliphatic heterocycles. The zero-order valence-corrected chi connectivity index (χ0v) is 13.6. The lowest BCUT2D eigenvalue weighted by atomic mass is 10.4. The summed E-state index contributed by atoms with van der Waals surface area (Å²) in [5.41, 5.74) is 0. The molecule has 0 heterocycles. The van der Waals surface area contributed by atoms with Gasteiger partial charge in [-0.2, -0.15) is 37.9 Å². The van der Waals surface area contributed by atoms with E-state index in [1.165, 1.54) is 0 Å². The molecule has 3 nitrogen and oxygen atoms in total. The third kappa shape index (κ3) is 13.4. The second kappa shape index (κ2) is 16.0. The van der Waals surface area contributed by atoms with Crippen molar-refractivity contribution in [1.29, 1.82) is 0 Å². The van der Waals surface area contributed by atoms with E-state index < -0.39 is 0 Å². The highest BCUT2D eigenvalue weighted by Crippen LogP contribution is 2.00. The summed E-state index contributed by atoms with van der Waals surface area (Å²) in [7, 11) is 0. The number of thiol groups is 3. The van der Waals surface area contributed by atoms with Crippen LogP contribution < -0.4 is 0 Å². The molecule has 0 amide bonds. The van der Waals surface area contributed by atoms with Crippen LogP contribution in [0.1, 0.15) is 19.3 Å². The van der Waals surface area contributed by atoms with Crippen LogP contribution in [0.5, 0.6) is 0 Å². The number of hydrogen-bond donors (Lipinski definition) is 3. The molecule has 0 aromatic heterocycles. The van der Waals surface area contributed by atoms with E-state index in [1.807, 2.05) is 0 Å². The Morgan fingerprint density at radius 3 is 1.56 bits per heavy atom. The van der Waals surface area contributed by atoms with Crippen LogP contribution in [0.25, 0.3) is 0 Å². The molecular weight excluding hydrogens is 288 g/mol. The molecule has 0 rings (SSSR count). The molecule has 0 bridgehead atoms. The largest absolute Gasteiger partial charge is 0.379 e. The third-order valence-corrected chi connectivity index (χ3v) is 3.11. The van der Waals surface area contributed by atoms with Gasteiger partial charge in [-0.25, -0.2) is 0 Å². The van der Waals surface area contributed by atoms with E-state index in [0.717, 1.165) is 49.7 Å². The Labute approximate surface area is 128 Å². The minimum absolute atomic E-state index is 0.0183. The van der Waals surface area contributed by atoms with E-state index in [1.54, 1.807) is 0 Å². The topological polar surface area (TPSA) is 27.7 Å². The van der Waals surface area contributed by atoms with Gasteiger partial charge in [0.05, 0.1) is 13.2 Å². The van der Waals surface area contributed by atoms with E-state index >= 15 is 0 Å². The Kier molecular flexibility index (Phi) is 16.8. The Hall–Kier alpha value is 0.930. The van der Waals surface area contributed by atoms with Crippen molar-refractivity contribution >= 4 is 37.9 Å². The molecule has 6 heteroatoms. The first kappa shape index (κ1) is 18.9. The molecule has 0 aromatic rings. The van der Waals surface area contributed by atoms with Crippen molar-refractivity contribution in [3.8, 4) is 0 Å². The summed E-state index contributed by atoms with van der Waals surface area (Å²) in [5, 5.41) is 0. The average molecular weight is 315 g/mol. The molecule has 0 aromatic carbocycles. The van der Waals surface area contributed by atoms with Gasteiger partial charge >= 0.3 is 0 Å². The summed E-state index contributed by atoms with van der Waals surface area (Å²) in [6.07, 6.45) is 2.90. The van der Waals surface area contributed by atoms with Crippen LogP contribution >= 0.6 is 37.9 Å². The molecule has 110 valence electrons. The molecule has 0 radical (unpaired) electrons. The van der Waals surface area contributed by atoms with Crippen LogP contribution in [-0.2, 0) is 14.2 Å². The summed E-state index contributed by atoms with van der Waals surface area (Å²) >= 11 is 12.4. The predicted molar refractivity (Wildman–Crippen MR) is 86.8 cm³/mol. The van der Waals surface area contributed by atoms with E-state index in [-0.39, 0.29) is 6.10 Å². The second-order valence-corrected chi connectivity index (χ2v) is 5.22. The van der Waals surface area contributed by atoms with E-state index in [0.29, 0.717) is 19.8 Å². The highest BCUT2D eigenvalue weighted by molar-refractivity contribution is 7.80. The van der Waals surface area contributed by atoms with Gasteiger partial charge in [-0.05, 0) is 36.5 Å². The zero-order chi connectivity index (χ0) is 13.5. The van der Waals surface area contributed by atoms with Crippen molar-refractivity contribution < 1.29 is 14.2 Å². The zero-order valence-electron chi connectivity index (χ0n) is 10.9. The maximum Gasteiger partial charge on any atom is 0.104 e. The Morgan fingerprint density at radius 2 is 1.11 bits per heavy atom. The first-order chi connectivity index (χ1) is 8.85. The molecule has 0 spiro atoms. The van der Waals surface area contributed by atoms with Crippen molar-refractivity contribution in [2.24, 2.45) is 0 Å². The molecule has 0 unspecified atom stereocenters. The fourth-order valence-corrected chi connectivity index (χ4v) is 1.61. The lowest BCUT2D eigenvalue weighted by Crippen LogP contribution is -2.27. The van der Waals surface area contributed by atoms with Crippen molar-refractivity contribution in [3.05, 3.63) is 0 Å². The summed E-state index contributed by atoms with van der Waals surface area (Å²) in [6.45, 7) is 3.33. The molecule has 0 saturated heterocycles. The Balaban J connectivity index is 3.62. The predicted octanol–water partition coefficient (Wildman–Crippen LogP) is 2.36. The van der Waals surface area contributed by atoms with Crippen LogP contribution in [0.15, 0.2) is 0 Å². The molecule has 0 aliphatic rings. The van der Waals surface area contributed by atoms with Gasteiger partial charge in [0, 0.05) is 19.8 Å². The van der Waals surface area contributed by atoms with Gasteiger partial charge in [-0.1, -0.05) is 0 Å². The summed E-state index contributed by atoms with van der Waals surface area (Å²) in [6, 6.07) is 0. The Morgan fingerprint density at radius 1 is 0.667 bits per heavy atom. The van der Waals surface area contributed by atoms with Crippen LogP contribution in [0, 0.1) is 0 Å². The molecular formula is C12H26O3S3. The second-order valence-electron chi connectivity index (χ2n) is 3.87. The van der Waals surface area contributed by atoms with Crippen LogP contribution in [0.4, 0.5) is 0 Å². The van der Waals surface area contributed by atoms with Gasteiger partial charge in [0.2, 0.25) is 0 Å². The van der Waals surface area contributed by atoms with Crippen LogP contribution in [0.3, 0.4) is 0 Å². The molecule has 0 fully saturated rings. The standard InChI is InChI=1S/C12H26O3S3/c16-7-1-4-13-10-12(15-6-3-9-18)11-14-5-2-8-17/h12,16-18H,1-11H2. The lowest BCUT2D eigenvalue weighted by molar-refractivity contribution is -0.0591. The molecule has 0 atom stereocenters. The van der Waals surface area contributed by atoms with Crippen molar-refractivity contribution in [2.45, 2.75) is 25.4 Å². The van der Waals surface area contributed by atoms with Gasteiger partial charge in [0.25, 0.3) is 0 Å². The fourth-order valence-electron chi connectivity index (χ4n) is 1.22. The molecule has 18 heavy (non-hydrogen) atoms. The van der Waals surface area contributed by atoms with Gasteiger partial charge in [0.1, 0.15) is 6.10 Å². The SMILES string of the molecule is SCCCOCC(COCCCS)OCCCS. The first-order valence-corrected chi connectivity index (χ1v) is 8.34. The van der Waals surface area contributed by atoms with Crippen molar-refractivity contribution in [1.82, 2.24) is 0 Å². The quantitative estimate of drug-likeness (QED) is 0.339. The fraction of sp³-hybridized carbons (Fsp3) is 1.00. The molecule has 0 saturated carbocycles. The normalized spacial score (nSPS) is 11.3. The maximum atomic E-state index is 5.71. The summed E-state index contributed by atoms with van der Waals surface area (Å²) < 4.78 is 16.8. The van der Waals surface area contributed by atoms with E-state index in [9.17, 15) is 0 Å². The minimum atomic E-state index is 0.0183. The van der Waals surface area contributed by atoms with Crippen molar-refractivity contribution in [2.75, 3.05) is 50.3 Å². The monoisotopic (exact) mass is 314 g/mol. The highest BCUT2D eigenvalue weighted by Gasteiger charge is 2.09. The van der Waals surface area contributed by atoms with Gasteiger partial charge in [-0.15, -0.1) is 0 Å². The summed E-state index contributed by atoms with van der Waals surface area (Å²) in [4.78, 5) is 0. The minimum Gasteiger partial charge on any atom is -0.379 e. The summed E-state index contributed by atoms with van der Waals surface area (Å²) in [5.74, 6) is 2.54. The van der Waals surface area contributed by atoms with E-state index in [2.05, 4.69) is 37.9 Å². The maximum absolute atomic E-state index is 5.71. The Bertz CT molecular complexity index is 150. The highest BCUT2D eigenvalue weighted by atomic mass is 32.1. The third-order valence-electron chi connectivity index (χ3n) is 2.16. The van der Waals surface area contributed by atoms with Crippen molar-refractivity contribution in [3.63, 3.8) is 0 Å². The van der Waals surface area contributed by atoms with Gasteiger partial charge < -0.3 is 14.2 Å². The average Bonchev–Trinajstić information content (AvgIpc) is 2.39. The number of hydrogen-bond acceptors (Lipinski definition) is 6. The van der Waals surface area contributed by atoms with Crippen LogP contribution in [0.2, 0.25) is 0 Å². The van der Waals surface area contributed by atoms with Gasteiger partial charge in [-0.3, -0.25) is 0 Å². The molecule has 0 N–H and O–H groups in total. The lowest BCUT2D eigenvalue weighted by Gasteiger charge is -2.18. The smallest absolute Gasteiger partial charge is 0.104 e. The van der Waals surface area contributed by atoms with Crippen LogP contribution in [-0.4, -0.2) is 56.4 Å². The number of ether oxygens (including phenoxy) is 3. The van der Waals surface area contributed by atoms with E-state index in [4.69, 9.17) is 14.2 Å². The molecule has 0 aliphatic carbocycles. The van der Waals surface area contributed by atoms with Gasteiger partial charge in [0.15, 0.2) is 0 Å². The first-order valence-electron chi connectivity index (χ1n) is 6.44. The number of rotatable bonds is 14.